The Labute approximate surface area is 184 Å². The molecule has 1 aliphatic rings. The maximum absolute atomic E-state index is 12.8. The van der Waals surface area contributed by atoms with Crippen molar-refractivity contribution in [3.05, 3.63) is 48.5 Å². The van der Waals surface area contributed by atoms with E-state index in [1.807, 2.05) is 31.4 Å². The van der Waals surface area contributed by atoms with Crippen molar-refractivity contribution in [2.45, 2.75) is 0 Å². The van der Waals surface area contributed by atoms with Gasteiger partial charge in [0.1, 0.15) is 22.5 Å². The molecule has 1 amide bonds. The number of imidazole rings is 1. The summed E-state index contributed by atoms with van der Waals surface area (Å²) in [5.74, 6) is 0.604. The molecule has 0 radical (unpaired) electrons. The van der Waals surface area contributed by atoms with Crippen LogP contribution < -0.4 is 15.0 Å². The number of amides is 1. The van der Waals surface area contributed by atoms with Crippen molar-refractivity contribution < 1.29 is 14.3 Å². The van der Waals surface area contributed by atoms with Crippen LogP contribution in [0.15, 0.2) is 42.9 Å². The maximum Gasteiger partial charge on any atom is 0.276 e. The molecule has 3 aromatic heterocycles. The monoisotopic (exact) mass is 433 g/mol. The number of hydrogen-bond acceptors (Lipinski definition) is 7. The van der Waals surface area contributed by atoms with Crippen LogP contribution in [0.2, 0.25) is 0 Å². The number of fused-ring (bicyclic) bond motifs is 1. The molecule has 0 atom stereocenters. The molecule has 0 unspecified atom stereocenters. The van der Waals surface area contributed by atoms with E-state index in [1.54, 1.807) is 30.3 Å². The van der Waals surface area contributed by atoms with Gasteiger partial charge in [-0.05, 0) is 24.3 Å². The van der Waals surface area contributed by atoms with E-state index in [-0.39, 0.29) is 5.91 Å². The molecule has 10 heteroatoms. The summed E-state index contributed by atoms with van der Waals surface area (Å²) in [7, 11) is 3.45. The SMILES string of the molecule is COc1ccc(-c2cnn(C)c2)c2nc(NC(=O)c3ccc(N4CCOCC4)cn3)[nH]c12. The van der Waals surface area contributed by atoms with E-state index >= 15 is 0 Å². The summed E-state index contributed by atoms with van der Waals surface area (Å²) in [6.07, 6.45) is 5.39. The number of rotatable bonds is 5. The van der Waals surface area contributed by atoms with Gasteiger partial charge in [0.05, 0.1) is 38.4 Å². The number of benzene rings is 1. The highest BCUT2D eigenvalue weighted by atomic mass is 16.5. The fourth-order valence-corrected chi connectivity index (χ4v) is 3.79. The second-order valence-corrected chi connectivity index (χ2v) is 7.48. The van der Waals surface area contributed by atoms with Gasteiger partial charge in [-0.2, -0.15) is 5.10 Å². The zero-order chi connectivity index (χ0) is 22.1. The summed E-state index contributed by atoms with van der Waals surface area (Å²) in [5.41, 5.74) is 4.47. The summed E-state index contributed by atoms with van der Waals surface area (Å²) in [5, 5.41) is 7.04. The molecule has 164 valence electrons. The lowest BCUT2D eigenvalue weighted by molar-refractivity contribution is 0.102. The van der Waals surface area contributed by atoms with Crippen LogP contribution in [0, 0.1) is 0 Å². The molecule has 0 saturated carbocycles. The number of pyridine rings is 1. The second-order valence-electron chi connectivity index (χ2n) is 7.48. The summed E-state index contributed by atoms with van der Waals surface area (Å²) >= 11 is 0. The number of anilines is 2. The highest BCUT2D eigenvalue weighted by Crippen LogP contribution is 2.33. The number of aromatic amines is 1. The minimum Gasteiger partial charge on any atom is -0.494 e. The van der Waals surface area contributed by atoms with Crippen molar-refractivity contribution in [1.82, 2.24) is 24.7 Å². The Bertz CT molecular complexity index is 1260. The van der Waals surface area contributed by atoms with E-state index in [0.717, 1.165) is 29.9 Å². The molecule has 0 aliphatic carbocycles. The summed E-state index contributed by atoms with van der Waals surface area (Å²) < 4.78 is 12.6. The van der Waals surface area contributed by atoms with Gasteiger partial charge in [-0.25, -0.2) is 9.97 Å². The van der Waals surface area contributed by atoms with E-state index in [0.29, 0.717) is 41.6 Å². The Kier molecular flexibility index (Phi) is 5.20. The predicted octanol–water partition coefficient (Wildman–Crippen LogP) is 2.46. The van der Waals surface area contributed by atoms with Gasteiger partial charge in [-0.3, -0.25) is 14.8 Å². The fourth-order valence-electron chi connectivity index (χ4n) is 3.79. The van der Waals surface area contributed by atoms with E-state index in [4.69, 9.17) is 9.47 Å². The average Bonchev–Trinajstić information content (AvgIpc) is 3.45. The summed E-state index contributed by atoms with van der Waals surface area (Å²) in [6, 6.07) is 7.40. The smallest absolute Gasteiger partial charge is 0.276 e. The number of hydrogen-bond donors (Lipinski definition) is 2. The third-order valence-electron chi connectivity index (χ3n) is 5.43. The van der Waals surface area contributed by atoms with Crippen LogP contribution in [0.25, 0.3) is 22.2 Å². The van der Waals surface area contributed by atoms with E-state index in [1.165, 1.54) is 0 Å². The number of aromatic nitrogens is 5. The number of carbonyl (C=O) groups excluding carboxylic acids is 1. The molecule has 4 heterocycles. The Balaban J connectivity index is 1.40. The number of nitrogens with one attached hydrogen (secondary N) is 2. The zero-order valence-corrected chi connectivity index (χ0v) is 17.8. The van der Waals surface area contributed by atoms with Gasteiger partial charge in [0.15, 0.2) is 0 Å². The van der Waals surface area contributed by atoms with Crippen LogP contribution >= 0.6 is 0 Å². The van der Waals surface area contributed by atoms with Crippen molar-refractivity contribution in [1.29, 1.82) is 0 Å². The first-order valence-corrected chi connectivity index (χ1v) is 10.3. The largest absolute Gasteiger partial charge is 0.494 e. The van der Waals surface area contributed by atoms with Crippen LogP contribution in [-0.2, 0) is 11.8 Å². The Hall–Kier alpha value is -3.92. The van der Waals surface area contributed by atoms with Crippen LogP contribution in [-0.4, -0.2) is 64.1 Å². The van der Waals surface area contributed by atoms with Crippen molar-refractivity contribution in [2.75, 3.05) is 43.6 Å². The molecule has 1 aromatic carbocycles. The van der Waals surface area contributed by atoms with Crippen LogP contribution in [0.4, 0.5) is 11.6 Å². The van der Waals surface area contributed by atoms with Crippen LogP contribution in [0.3, 0.4) is 0 Å². The molecule has 1 aliphatic heterocycles. The fraction of sp³-hybridized carbons (Fsp3) is 0.273. The molecule has 32 heavy (non-hydrogen) atoms. The minimum atomic E-state index is -0.348. The lowest BCUT2D eigenvalue weighted by Gasteiger charge is -2.28. The predicted molar refractivity (Wildman–Crippen MR) is 120 cm³/mol. The van der Waals surface area contributed by atoms with Gasteiger partial charge in [0.2, 0.25) is 5.95 Å². The van der Waals surface area contributed by atoms with Gasteiger partial charge in [-0.1, -0.05) is 0 Å². The lowest BCUT2D eigenvalue weighted by Crippen LogP contribution is -2.36. The van der Waals surface area contributed by atoms with Crippen molar-refractivity contribution in [3.8, 4) is 16.9 Å². The quantitative estimate of drug-likeness (QED) is 0.497. The first-order valence-electron chi connectivity index (χ1n) is 10.3. The lowest BCUT2D eigenvalue weighted by atomic mass is 10.1. The number of carbonyl (C=O) groups is 1. The molecular formula is C22H23N7O3. The van der Waals surface area contributed by atoms with Crippen molar-refractivity contribution in [2.24, 2.45) is 7.05 Å². The van der Waals surface area contributed by atoms with Crippen molar-refractivity contribution in [3.63, 3.8) is 0 Å². The van der Waals surface area contributed by atoms with Gasteiger partial charge >= 0.3 is 0 Å². The number of H-pyrrole nitrogens is 1. The molecule has 0 bridgehead atoms. The molecule has 0 spiro atoms. The molecule has 4 aromatic rings. The Morgan fingerprint density at radius 1 is 1.19 bits per heavy atom. The third kappa shape index (κ3) is 3.76. The first-order chi connectivity index (χ1) is 15.6. The van der Waals surface area contributed by atoms with E-state index in [9.17, 15) is 4.79 Å². The Morgan fingerprint density at radius 3 is 2.72 bits per heavy atom. The van der Waals surface area contributed by atoms with Crippen LogP contribution in [0.5, 0.6) is 5.75 Å². The van der Waals surface area contributed by atoms with Gasteiger partial charge < -0.3 is 19.4 Å². The summed E-state index contributed by atoms with van der Waals surface area (Å²) in [4.78, 5) is 27.1. The zero-order valence-electron chi connectivity index (χ0n) is 17.8. The molecular weight excluding hydrogens is 410 g/mol. The number of morpholine rings is 1. The average molecular weight is 433 g/mol. The van der Waals surface area contributed by atoms with Crippen molar-refractivity contribution >= 4 is 28.6 Å². The highest BCUT2D eigenvalue weighted by Gasteiger charge is 2.18. The standard InChI is InChI=1S/C22H23N7O3/c1-28-13-14(11-24-28)16-4-6-18(31-2)20-19(16)25-22(26-20)27-21(30)17-5-3-15(12-23-17)29-7-9-32-10-8-29/h3-6,11-13H,7-10H2,1-2H3,(H2,25,26,27,30). The van der Waals surface area contributed by atoms with Gasteiger partial charge in [-0.15, -0.1) is 0 Å². The maximum atomic E-state index is 12.8. The third-order valence-corrected chi connectivity index (χ3v) is 5.43. The molecule has 1 saturated heterocycles. The molecule has 10 nitrogen and oxygen atoms in total. The topological polar surface area (TPSA) is 110 Å². The highest BCUT2D eigenvalue weighted by molar-refractivity contribution is 6.04. The van der Waals surface area contributed by atoms with Gasteiger partial charge in [0.25, 0.3) is 5.91 Å². The first kappa shape index (κ1) is 20.0. The molecule has 2 N–H and O–H groups in total. The van der Waals surface area contributed by atoms with E-state index < -0.39 is 0 Å². The number of methoxy groups -OCH3 is 1. The normalized spacial score (nSPS) is 14.0. The molecule has 5 rings (SSSR count). The van der Waals surface area contributed by atoms with Crippen LogP contribution in [0.1, 0.15) is 10.5 Å². The molecule has 1 fully saturated rings. The second kappa shape index (κ2) is 8.31. The Morgan fingerprint density at radius 2 is 2.03 bits per heavy atom. The van der Waals surface area contributed by atoms with E-state index in [2.05, 4.69) is 30.3 Å². The summed E-state index contributed by atoms with van der Waals surface area (Å²) in [6.45, 7) is 3.01. The number of aryl methyl sites for hydroxylation is 1. The van der Waals surface area contributed by atoms with Gasteiger partial charge in [0, 0.05) is 37.5 Å². The number of ether oxygens (including phenoxy) is 2. The minimum absolute atomic E-state index is 0.307. The number of nitrogens with zero attached hydrogens (tertiary/aromatic N) is 5.